The van der Waals surface area contributed by atoms with E-state index in [1.807, 2.05) is 18.9 Å². The van der Waals surface area contributed by atoms with Crippen molar-refractivity contribution >= 4 is 40.9 Å². The Bertz CT molecular complexity index is 1020. The van der Waals surface area contributed by atoms with E-state index in [9.17, 15) is 32.8 Å². The monoisotopic (exact) mass is 512 g/mol. The van der Waals surface area contributed by atoms with Crippen molar-refractivity contribution in [2.45, 2.75) is 25.3 Å². The summed E-state index contributed by atoms with van der Waals surface area (Å²) in [5, 5.41) is 16.3. The lowest BCUT2D eigenvalue weighted by molar-refractivity contribution is -0.136. The first-order chi connectivity index (χ1) is 16.5. The number of nitrogens with one attached hydrogen (secondary N) is 3. The SMILES string of the molecule is CCN(C)CC(=O)Nc1cccc(NCC2S/C(=C(/C#N)C(=O)NCC(F)(F)F)N(CC)C2=O)c1. The fraction of sp³-hybridized carbons (Fsp3) is 0.455. The van der Waals surface area contributed by atoms with E-state index in [-0.39, 0.29) is 36.5 Å². The normalized spacial score (nSPS) is 17.3. The van der Waals surface area contributed by atoms with E-state index in [2.05, 4.69) is 10.6 Å². The largest absolute Gasteiger partial charge is 0.405 e. The molecule has 13 heteroatoms. The number of carbonyl (C=O) groups excluding carboxylic acids is 3. The van der Waals surface area contributed by atoms with Gasteiger partial charge in [0.05, 0.1) is 6.54 Å². The van der Waals surface area contributed by atoms with Gasteiger partial charge in [-0.05, 0) is 38.7 Å². The second-order valence-corrected chi connectivity index (χ2v) is 8.81. The summed E-state index contributed by atoms with van der Waals surface area (Å²) >= 11 is 0.943. The highest BCUT2D eigenvalue weighted by molar-refractivity contribution is 8.04. The molecular weight excluding hydrogens is 485 g/mol. The number of hydrogen-bond donors (Lipinski definition) is 3. The summed E-state index contributed by atoms with van der Waals surface area (Å²) in [6.07, 6.45) is -4.63. The van der Waals surface area contributed by atoms with Crippen molar-refractivity contribution in [2.75, 3.05) is 50.4 Å². The molecule has 9 nitrogen and oxygen atoms in total. The minimum atomic E-state index is -4.63. The Morgan fingerprint density at radius 3 is 2.54 bits per heavy atom. The summed E-state index contributed by atoms with van der Waals surface area (Å²) in [6, 6.07) is 8.53. The van der Waals surface area contributed by atoms with Gasteiger partial charge in [-0.1, -0.05) is 24.8 Å². The van der Waals surface area contributed by atoms with Gasteiger partial charge in [0.15, 0.2) is 0 Å². The third kappa shape index (κ3) is 8.18. The van der Waals surface area contributed by atoms with Crippen molar-refractivity contribution in [3.05, 3.63) is 34.9 Å². The standard InChI is InChI=1S/C22H27F3N6O3S/c1-4-30(3)12-18(32)29-15-8-6-7-14(9-15)27-11-17-20(34)31(5-2)21(35-17)16(10-26)19(33)28-13-22(23,24)25/h6-9,17,27H,4-5,11-13H2,1-3H3,(H,28,33)(H,29,32)/b21-16-. The van der Waals surface area contributed by atoms with E-state index in [4.69, 9.17) is 0 Å². The number of halogens is 3. The second-order valence-electron chi connectivity index (χ2n) is 7.62. The van der Waals surface area contributed by atoms with Crippen LogP contribution in [0.5, 0.6) is 0 Å². The molecule has 3 amide bonds. The molecule has 2 rings (SSSR count). The molecule has 1 aromatic carbocycles. The van der Waals surface area contributed by atoms with Crippen LogP contribution in [-0.4, -0.2) is 78.7 Å². The minimum Gasteiger partial charge on any atom is -0.383 e. The lowest BCUT2D eigenvalue weighted by Crippen LogP contribution is -2.36. The summed E-state index contributed by atoms with van der Waals surface area (Å²) < 4.78 is 37.3. The zero-order chi connectivity index (χ0) is 26.2. The number of thioether (sulfide) groups is 1. The number of benzene rings is 1. The number of likely N-dealkylation sites (N-methyl/N-ethyl adjacent to an activating group) is 1. The van der Waals surface area contributed by atoms with Crippen LogP contribution in [0.15, 0.2) is 34.9 Å². The molecule has 3 N–H and O–H groups in total. The summed E-state index contributed by atoms with van der Waals surface area (Å²) in [6.45, 7) is 3.23. The quantitative estimate of drug-likeness (QED) is 0.325. The molecule has 0 aromatic heterocycles. The maximum atomic E-state index is 12.8. The molecule has 1 atom stereocenters. The van der Waals surface area contributed by atoms with Gasteiger partial charge >= 0.3 is 6.18 Å². The van der Waals surface area contributed by atoms with Crippen LogP contribution in [0.4, 0.5) is 24.5 Å². The zero-order valence-electron chi connectivity index (χ0n) is 19.5. The van der Waals surface area contributed by atoms with Crippen molar-refractivity contribution in [3.8, 4) is 6.07 Å². The number of hydrogen-bond acceptors (Lipinski definition) is 7. The first kappa shape index (κ1) is 28.0. The highest BCUT2D eigenvalue weighted by Crippen LogP contribution is 2.37. The molecule has 1 aliphatic heterocycles. The van der Waals surface area contributed by atoms with Gasteiger partial charge in [-0.3, -0.25) is 19.3 Å². The highest BCUT2D eigenvalue weighted by Gasteiger charge is 2.39. The van der Waals surface area contributed by atoms with Gasteiger partial charge in [-0.25, -0.2) is 0 Å². The number of carbonyl (C=O) groups is 3. The first-order valence-electron chi connectivity index (χ1n) is 10.8. The molecule has 190 valence electrons. The average molecular weight is 513 g/mol. The molecule has 0 saturated carbocycles. The maximum absolute atomic E-state index is 12.8. The van der Waals surface area contributed by atoms with Crippen LogP contribution < -0.4 is 16.0 Å². The van der Waals surface area contributed by atoms with Gasteiger partial charge in [0.1, 0.15) is 28.5 Å². The number of anilines is 2. The van der Waals surface area contributed by atoms with Crippen LogP contribution in [-0.2, 0) is 14.4 Å². The van der Waals surface area contributed by atoms with Gasteiger partial charge in [0, 0.05) is 24.5 Å². The van der Waals surface area contributed by atoms with Gasteiger partial charge in [0.2, 0.25) is 11.8 Å². The summed E-state index contributed by atoms with van der Waals surface area (Å²) in [4.78, 5) is 40.2. The number of alkyl halides is 3. The maximum Gasteiger partial charge on any atom is 0.405 e. The van der Waals surface area contributed by atoms with E-state index < -0.39 is 29.5 Å². The topological polar surface area (TPSA) is 118 Å². The van der Waals surface area contributed by atoms with Crippen LogP contribution in [0.2, 0.25) is 0 Å². The van der Waals surface area contributed by atoms with Crippen LogP contribution in [0.3, 0.4) is 0 Å². The predicted molar refractivity (Wildman–Crippen MR) is 127 cm³/mol. The van der Waals surface area contributed by atoms with E-state index in [0.717, 1.165) is 18.3 Å². The number of nitrogens with zero attached hydrogens (tertiary/aromatic N) is 3. The summed E-state index contributed by atoms with van der Waals surface area (Å²) in [7, 11) is 1.83. The molecule has 1 saturated heterocycles. The van der Waals surface area contributed by atoms with Gasteiger partial charge < -0.3 is 20.9 Å². The van der Waals surface area contributed by atoms with Gasteiger partial charge in [-0.2, -0.15) is 18.4 Å². The van der Waals surface area contributed by atoms with E-state index in [1.54, 1.807) is 42.6 Å². The van der Waals surface area contributed by atoms with Gasteiger partial charge in [0.25, 0.3) is 5.91 Å². The van der Waals surface area contributed by atoms with Crippen molar-refractivity contribution < 1.29 is 27.6 Å². The minimum absolute atomic E-state index is 0.0209. The van der Waals surface area contributed by atoms with E-state index in [1.165, 1.54) is 4.90 Å². The number of nitriles is 1. The van der Waals surface area contributed by atoms with Crippen molar-refractivity contribution in [2.24, 2.45) is 0 Å². The van der Waals surface area contributed by atoms with Crippen LogP contribution in [0.25, 0.3) is 0 Å². The first-order valence-corrected chi connectivity index (χ1v) is 11.7. The Kier molecular flexibility index (Phi) is 9.97. The van der Waals surface area contributed by atoms with Crippen molar-refractivity contribution in [3.63, 3.8) is 0 Å². The van der Waals surface area contributed by atoms with E-state index in [0.29, 0.717) is 11.4 Å². The summed E-state index contributed by atoms with van der Waals surface area (Å²) in [5.41, 5.74) is 0.654. The Balaban J connectivity index is 2.09. The third-order valence-corrected chi connectivity index (χ3v) is 6.25. The molecule has 0 spiro atoms. The second kappa shape index (κ2) is 12.5. The molecule has 1 fully saturated rings. The van der Waals surface area contributed by atoms with Crippen LogP contribution in [0.1, 0.15) is 13.8 Å². The van der Waals surface area contributed by atoms with Crippen LogP contribution >= 0.6 is 11.8 Å². The highest BCUT2D eigenvalue weighted by atomic mass is 32.2. The predicted octanol–water partition coefficient (Wildman–Crippen LogP) is 2.37. The molecule has 1 unspecified atom stereocenters. The zero-order valence-corrected chi connectivity index (χ0v) is 20.3. The number of rotatable bonds is 10. The fourth-order valence-electron chi connectivity index (χ4n) is 3.08. The Morgan fingerprint density at radius 1 is 1.26 bits per heavy atom. The lowest BCUT2D eigenvalue weighted by Gasteiger charge is -2.16. The molecule has 1 aliphatic rings. The lowest BCUT2D eigenvalue weighted by atomic mass is 10.2. The van der Waals surface area contributed by atoms with Crippen LogP contribution in [0, 0.1) is 11.3 Å². The van der Waals surface area contributed by atoms with Gasteiger partial charge in [-0.15, -0.1) is 0 Å². The van der Waals surface area contributed by atoms with Crippen molar-refractivity contribution in [1.82, 2.24) is 15.1 Å². The Hall–Kier alpha value is -3.24. The van der Waals surface area contributed by atoms with E-state index >= 15 is 0 Å². The summed E-state index contributed by atoms with van der Waals surface area (Å²) in [5.74, 6) is -1.73. The molecule has 0 radical (unpaired) electrons. The molecule has 35 heavy (non-hydrogen) atoms. The fourth-order valence-corrected chi connectivity index (χ4v) is 4.35. The average Bonchev–Trinajstić information content (AvgIpc) is 3.11. The molecule has 1 aromatic rings. The number of amides is 3. The molecular formula is C22H27F3N6O3S. The Labute approximate surface area is 205 Å². The Morgan fingerprint density at radius 2 is 1.94 bits per heavy atom. The third-order valence-electron chi connectivity index (χ3n) is 4.95. The smallest absolute Gasteiger partial charge is 0.383 e. The molecule has 0 aliphatic carbocycles. The molecule has 0 bridgehead atoms. The molecule has 1 heterocycles. The van der Waals surface area contributed by atoms with Crippen molar-refractivity contribution in [1.29, 1.82) is 5.26 Å².